The maximum absolute atomic E-state index is 12.5. The Bertz CT molecular complexity index is 709. The highest BCUT2D eigenvalue weighted by atomic mass is 16.5. The first-order valence-corrected chi connectivity index (χ1v) is 10.6. The van der Waals surface area contributed by atoms with Crippen molar-refractivity contribution in [1.82, 2.24) is 5.32 Å². The van der Waals surface area contributed by atoms with E-state index in [9.17, 15) is 9.59 Å². The molecule has 0 aliphatic heterocycles. The van der Waals surface area contributed by atoms with Crippen LogP contribution in [0.4, 0.5) is 0 Å². The lowest BCUT2D eigenvalue weighted by atomic mass is 9.78. The summed E-state index contributed by atoms with van der Waals surface area (Å²) in [5, 5.41) is 3.06. The number of ether oxygens (including phenoxy) is 4. The first-order valence-electron chi connectivity index (χ1n) is 10.6. The van der Waals surface area contributed by atoms with Gasteiger partial charge in [0.25, 0.3) is 5.91 Å². The van der Waals surface area contributed by atoms with Gasteiger partial charge in [0, 0.05) is 12.5 Å². The number of rotatable bonds is 9. The van der Waals surface area contributed by atoms with Gasteiger partial charge in [-0.2, -0.15) is 0 Å². The van der Waals surface area contributed by atoms with Gasteiger partial charge in [-0.3, -0.25) is 9.59 Å². The molecule has 1 aliphatic rings. The zero-order valence-electron chi connectivity index (χ0n) is 18.9. The van der Waals surface area contributed by atoms with Crippen LogP contribution >= 0.6 is 0 Å². The van der Waals surface area contributed by atoms with Crippen molar-refractivity contribution < 1.29 is 28.5 Å². The van der Waals surface area contributed by atoms with Gasteiger partial charge in [0.2, 0.25) is 5.75 Å². The summed E-state index contributed by atoms with van der Waals surface area (Å²) in [7, 11) is 4.63. The molecule has 0 heterocycles. The molecule has 0 saturated heterocycles. The van der Waals surface area contributed by atoms with E-state index in [1.165, 1.54) is 6.42 Å². The molecule has 2 rings (SSSR count). The van der Waals surface area contributed by atoms with E-state index in [4.69, 9.17) is 18.9 Å². The van der Waals surface area contributed by atoms with E-state index >= 15 is 0 Å². The summed E-state index contributed by atoms with van der Waals surface area (Å²) in [6.45, 7) is 6.00. The highest BCUT2D eigenvalue weighted by Crippen LogP contribution is 2.38. The molecular weight excluding hydrogens is 386 g/mol. The summed E-state index contributed by atoms with van der Waals surface area (Å²) in [5.74, 6) is 1.92. The molecule has 0 bridgehead atoms. The average molecular weight is 422 g/mol. The molecule has 4 atom stereocenters. The van der Waals surface area contributed by atoms with Crippen LogP contribution in [0.5, 0.6) is 17.2 Å². The number of hydrogen-bond donors (Lipinski definition) is 1. The van der Waals surface area contributed by atoms with E-state index in [0.717, 1.165) is 18.4 Å². The monoisotopic (exact) mass is 421 g/mol. The van der Waals surface area contributed by atoms with Crippen molar-refractivity contribution in [1.29, 1.82) is 0 Å². The molecule has 0 spiro atoms. The number of benzene rings is 1. The largest absolute Gasteiger partial charge is 0.493 e. The third kappa shape index (κ3) is 6.03. The van der Waals surface area contributed by atoms with Crippen LogP contribution in [0.25, 0.3) is 0 Å². The molecule has 1 N–H and O–H groups in total. The van der Waals surface area contributed by atoms with Crippen molar-refractivity contribution >= 4 is 11.9 Å². The number of amides is 1. The number of aryl methyl sites for hydroxylation is 1. The molecule has 7 nitrogen and oxygen atoms in total. The van der Waals surface area contributed by atoms with Gasteiger partial charge in [-0.1, -0.05) is 26.7 Å². The third-order valence-corrected chi connectivity index (χ3v) is 6.05. The normalized spacial score (nSPS) is 22.0. The van der Waals surface area contributed by atoms with Crippen molar-refractivity contribution in [3.05, 3.63) is 17.7 Å². The quantitative estimate of drug-likeness (QED) is 0.615. The number of carbonyl (C=O) groups excluding carboxylic acids is 2. The minimum absolute atomic E-state index is 0.140. The fourth-order valence-electron chi connectivity index (χ4n) is 3.92. The molecule has 1 saturated carbocycles. The predicted molar refractivity (Wildman–Crippen MR) is 114 cm³/mol. The smallest absolute Gasteiger partial charge is 0.306 e. The molecule has 1 aliphatic carbocycles. The van der Waals surface area contributed by atoms with Crippen LogP contribution in [-0.4, -0.2) is 45.4 Å². The van der Waals surface area contributed by atoms with Gasteiger partial charge in [-0.05, 0) is 49.3 Å². The summed E-state index contributed by atoms with van der Waals surface area (Å²) in [4.78, 5) is 24.8. The Hall–Kier alpha value is -2.44. The second-order valence-electron chi connectivity index (χ2n) is 8.05. The van der Waals surface area contributed by atoms with Gasteiger partial charge in [-0.25, -0.2) is 0 Å². The number of esters is 1. The minimum Gasteiger partial charge on any atom is -0.493 e. The fourth-order valence-corrected chi connectivity index (χ4v) is 3.92. The Kier molecular flexibility index (Phi) is 8.81. The minimum atomic E-state index is -0.818. The zero-order chi connectivity index (χ0) is 22.3. The van der Waals surface area contributed by atoms with Crippen molar-refractivity contribution in [3.8, 4) is 17.2 Å². The molecule has 1 aromatic rings. The summed E-state index contributed by atoms with van der Waals surface area (Å²) >= 11 is 0. The molecule has 7 heteroatoms. The lowest BCUT2D eigenvalue weighted by molar-refractivity contribution is -0.155. The van der Waals surface area contributed by atoms with E-state index in [-0.39, 0.29) is 18.4 Å². The molecule has 1 amide bonds. The lowest BCUT2D eigenvalue weighted by Crippen LogP contribution is -2.47. The van der Waals surface area contributed by atoms with Crippen LogP contribution in [0.1, 0.15) is 52.0 Å². The van der Waals surface area contributed by atoms with Gasteiger partial charge in [-0.15, -0.1) is 0 Å². The Labute approximate surface area is 179 Å². The molecular formula is C23H35NO6. The van der Waals surface area contributed by atoms with Gasteiger partial charge >= 0.3 is 5.97 Å². The van der Waals surface area contributed by atoms with Crippen LogP contribution < -0.4 is 19.5 Å². The first kappa shape index (κ1) is 23.8. The summed E-state index contributed by atoms with van der Waals surface area (Å²) in [5.41, 5.74) is 0.851. The van der Waals surface area contributed by atoms with E-state index in [0.29, 0.717) is 35.5 Å². The van der Waals surface area contributed by atoms with Crippen molar-refractivity contribution in [2.75, 3.05) is 21.3 Å². The number of hydrogen-bond acceptors (Lipinski definition) is 6. The molecule has 0 aromatic heterocycles. The zero-order valence-corrected chi connectivity index (χ0v) is 18.9. The van der Waals surface area contributed by atoms with Gasteiger partial charge in [0.05, 0.1) is 21.3 Å². The molecule has 30 heavy (non-hydrogen) atoms. The Morgan fingerprint density at radius 3 is 2.27 bits per heavy atom. The van der Waals surface area contributed by atoms with Crippen LogP contribution in [0.15, 0.2) is 12.1 Å². The summed E-state index contributed by atoms with van der Waals surface area (Å²) in [6, 6.07) is 3.74. The maximum Gasteiger partial charge on any atom is 0.306 e. The highest BCUT2D eigenvalue weighted by molar-refractivity contribution is 5.83. The summed E-state index contributed by atoms with van der Waals surface area (Å²) in [6.07, 6.45) is 3.04. The molecule has 168 valence electrons. The number of carbonyl (C=O) groups is 2. The fraction of sp³-hybridized carbons (Fsp3) is 0.652. The second kappa shape index (κ2) is 11.1. The predicted octanol–water partition coefficient (Wildman–Crippen LogP) is 3.52. The third-order valence-electron chi connectivity index (χ3n) is 6.05. The summed E-state index contributed by atoms with van der Waals surface area (Å²) < 4.78 is 21.3. The SMILES string of the molecule is COc1cc(CCC(=O)O[C@H](C)C(=O)N[C@H]2CCC[C@H](C)[C@H]2C)cc(OC)c1OC. The van der Waals surface area contributed by atoms with Crippen LogP contribution in [0, 0.1) is 11.8 Å². The van der Waals surface area contributed by atoms with Crippen LogP contribution in [0.3, 0.4) is 0 Å². The van der Waals surface area contributed by atoms with E-state index in [1.807, 2.05) is 0 Å². The van der Waals surface area contributed by atoms with Crippen LogP contribution in [-0.2, 0) is 20.7 Å². The average Bonchev–Trinajstić information content (AvgIpc) is 2.74. The lowest BCUT2D eigenvalue weighted by Gasteiger charge is -2.35. The maximum atomic E-state index is 12.5. The Morgan fingerprint density at radius 1 is 1.07 bits per heavy atom. The second-order valence-corrected chi connectivity index (χ2v) is 8.05. The molecule has 0 unspecified atom stereocenters. The first-order chi connectivity index (χ1) is 14.3. The molecule has 1 fully saturated rings. The number of nitrogens with one attached hydrogen (secondary N) is 1. The van der Waals surface area contributed by atoms with Crippen molar-refractivity contribution in [2.24, 2.45) is 11.8 Å². The van der Waals surface area contributed by atoms with Crippen molar-refractivity contribution in [3.63, 3.8) is 0 Å². The van der Waals surface area contributed by atoms with E-state index in [1.54, 1.807) is 40.4 Å². The van der Waals surface area contributed by atoms with Gasteiger partial charge in [0.1, 0.15) is 0 Å². The topological polar surface area (TPSA) is 83.1 Å². The standard InChI is InChI=1S/C23H35NO6/c1-14-8-7-9-18(15(14)2)24-23(26)16(3)30-21(25)11-10-17-12-19(27-4)22(29-6)20(13-17)28-5/h12-16,18H,7-11H2,1-6H3,(H,24,26)/t14-,15+,16+,18-/m0/s1. The molecule has 0 radical (unpaired) electrons. The Morgan fingerprint density at radius 2 is 1.70 bits per heavy atom. The Balaban J connectivity index is 1.88. The molecule has 1 aromatic carbocycles. The highest BCUT2D eigenvalue weighted by Gasteiger charge is 2.30. The van der Waals surface area contributed by atoms with Crippen molar-refractivity contribution in [2.45, 2.75) is 65.0 Å². The van der Waals surface area contributed by atoms with Gasteiger partial charge in [0.15, 0.2) is 17.6 Å². The number of methoxy groups -OCH3 is 3. The van der Waals surface area contributed by atoms with E-state index in [2.05, 4.69) is 19.2 Å². The van der Waals surface area contributed by atoms with E-state index < -0.39 is 12.1 Å². The van der Waals surface area contributed by atoms with Gasteiger partial charge < -0.3 is 24.3 Å². The van der Waals surface area contributed by atoms with Crippen LogP contribution in [0.2, 0.25) is 0 Å².